The Hall–Kier alpha value is -0.770. The fourth-order valence-corrected chi connectivity index (χ4v) is 3.08. The van der Waals surface area contributed by atoms with Crippen molar-refractivity contribution in [3.63, 3.8) is 0 Å². The maximum Gasteiger partial charge on any atom is 0.137 e. The van der Waals surface area contributed by atoms with Gasteiger partial charge in [-0.05, 0) is 43.0 Å². The standard InChI is InChI=1S/C15H23ClN2O/c1-11-5-6-18(13(7-11)9-17)10-12-3-4-15(19-2)14(16)8-12/h3-4,8,11,13H,5-7,9-10,17H2,1-2H3. The van der Waals surface area contributed by atoms with Crippen LogP contribution in [0.2, 0.25) is 5.02 Å². The van der Waals surface area contributed by atoms with Crippen molar-refractivity contribution in [1.29, 1.82) is 0 Å². The summed E-state index contributed by atoms with van der Waals surface area (Å²) in [6, 6.07) is 6.49. The minimum Gasteiger partial charge on any atom is -0.495 e. The lowest BCUT2D eigenvalue weighted by Gasteiger charge is -2.38. The summed E-state index contributed by atoms with van der Waals surface area (Å²) < 4.78 is 5.18. The predicted octanol–water partition coefficient (Wildman–Crippen LogP) is 2.91. The van der Waals surface area contributed by atoms with E-state index in [4.69, 9.17) is 22.1 Å². The van der Waals surface area contributed by atoms with E-state index < -0.39 is 0 Å². The second-order valence-corrected chi connectivity index (χ2v) is 5.87. The van der Waals surface area contributed by atoms with E-state index in [1.165, 1.54) is 18.4 Å². The molecule has 2 unspecified atom stereocenters. The molecule has 2 atom stereocenters. The van der Waals surface area contributed by atoms with Crippen molar-refractivity contribution >= 4 is 11.6 Å². The Bertz CT molecular complexity index is 425. The molecule has 19 heavy (non-hydrogen) atoms. The highest BCUT2D eigenvalue weighted by Gasteiger charge is 2.25. The van der Waals surface area contributed by atoms with E-state index >= 15 is 0 Å². The summed E-state index contributed by atoms with van der Waals surface area (Å²) in [5.74, 6) is 1.51. The summed E-state index contributed by atoms with van der Waals surface area (Å²) in [5, 5.41) is 0.676. The van der Waals surface area contributed by atoms with Gasteiger partial charge in [-0.2, -0.15) is 0 Å². The Morgan fingerprint density at radius 1 is 1.47 bits per heavy atom. The third-order valence-electron chi connectivity index (χ3n) is 3.97. The lowest BCUT2D eigenvalue weighted by atomic mass is 9.92. The molecule has 4 heteroatoms. The van der Waals surface area contributed by atoms with Gasteiger partial charge in [-0.15, -0.1) is 0 Å². The number of halogens is 1. The van der Waals surface area contributed by atoms with Crippen LogP contribution in [0.4, 0.5) is 0 Å². The van der Waals surface area contributed by atoms with Crippen molar-refractivity contribution in [3.8, 4) is 5.75 Å². The molecule has 0 aromatic heterocycles. The van der Waals surface area contributed by atoms with Gasteiger partial charge in [0.05, 0.1) is 12.1 Å². The summed E-state index contributed by atoms with van der Waals surface area (Å²) in [6.07, 6.45) is 2.45. The summed E-state index contributed by atoms with van der Waals surface area (Å²) >= 11 is 6.17. The molecule has 0 amide bonds. The maximum atomic E-state index is 6.17. The third kappa shape index (κ3) is 3.62. The van der Waals surface area contributed by atoms with Crippen LogP contribution < -0.4 is 10.5 Å². The predicted molar refractivity (Wildman–Crippen MR) is 79.7 cm³/mol. The van der Waals surface area contributed by atoms with Crippen molar-refractivity contribution < 1.29 is 4.74 Å². The molecule has 106 valence electrons. The highest BCUT2D eigenvalue weighted by molar-refractivity contribution is 6.32. The summed E-state index contributed by atoms with van der Waals surface area (Å²) in [7, 11) is 1.64. The molecular formula is C15H23ClN2O. The van der Waals surface area contributed by atoms with Gasteiger partial charge in [0.2, 0.25) is 0 Å². The number of nitrogens with two attached hydrogens (primary N) is 1. The zero-order valence-electron chi connectivity index (χ0n) is 11.7. The summed E-state index contributed by atoms with van der Waals surface area (Å²) in [6.45, 7) is 5.07. The molecule has 2 rings (SSSR count). The fraction of sp³-hybridized carbons (Fsp3) is 0.600. The smallest absolute Gasteiger partial charge is 0.137 e. The third-order valence-corrected chi connectivity index (χ3v) is 4.27. The quantitative estimate of drug-likeness (QED) is 0.923. The number of ether oxygens (including phenoxy) is 1. The molecule has 1 heterocycles. The zero-order chi connectivity index (χ0) is 13.8. The maximum absolute atomic E-state index is 6.17. The van der Waals surface area contributed by atoms with E-state index in [9.17, 15) is 0 Å². The number of methoxy groups -OCH3 is 1. The van der Waals surface area contributed by atoms with Gasteiger partial charge in [-0.25, -0.2) is 0 Å². The van der Waals surface area contributed by atoms with Gasteiger partial charge in [0.15, 0.2) is 0 Å². The number of hydrogen-bond acceptors (Lipinski definition) is 3. The zero-order valence-corrected chi connectivity index (χ0v) is 12.5. The monoisotopic (exact) mass is 282 g/mol. The molecule has 1 aliphatic heterocycles. The van der Waals surface area contributed by atoms with Crippen LogP contribution in [0.15, 0.2) is 18.2 Å². The number of piperidine rings is 1. The number of hydrogen-bond donors (Lipinski definition) is 1. The second-order valence-electron chi connectivity index (χ2n) is 5.46. The Balaban J connectivity index is 2.05. The molecule has 0 radical (unpaired) electrons. The minimum atomic E-state index is 0.490. The largest absolute Gasteiger partial charge is 0.495 e. The first kappa shape index (κ1) is 14.6. The van der Waals surface area contributed by atoms with E-state index in [1.54, 1.807) is 7.11 Å². The van der Waals surface area contributed by atoms with Crippen molar-refractivity contribution in [2.24, 2.45) is 11.7 Å². The van der Waals surface area contributed by atoms with Crippen LogP contribution in [-0.2, 0) is 6.54 Å². The van der Waals surface area contributed by atoms with Gasteiger partial charge >= 0.3 is 0 Å². The highest BCUT2D eigenvalue weighted by Crippen LogP contribution is 2.28. The molecule has 0 saturated carbocycles. The van der Waals surface area contributed by atoms with Crippen LogP contribution in [0.3, 0.4) is 0 Å². The van der Waals surface area contributed by atoms with Gasteiger partial charge in [-0.3, -0.25) is 4.90 Å². The van der Waals surface area contributed by atoms with Crippen LogP contribution >= 0.6 is 11.6 Å². The minimum absolute atomic E-state index is 0.490. The SMILES string of the molecule is COc1ccc(CN2CCC(C)CC2CN)cc1Cl. The van der Waals surface area contributed by atoms with Crippen LogP contribution in [0.1, 0.15) is 25.3 Å². The molecule has 0 spiro atoms. The number of benzene rings is 1. The van der Waals surface area contributed by atoms with Crippen LogP contribution in [0.25, 0.3) is 0 Å². The molecule has 2 N–H and O–H groups in total. The number of nitrogens with zero attached hydrogens (tertiary/aromatic N) is 1. The number of rotatable bonds is 4. The van der Waals surface area contributed by atoms with Crippen LogP contribution in [0, 0.1) is 5.92 Å². The van der Waals surface area contributed by atoms with Crippen LogP contribution in [-0.4, -0.2) is 31.1 Å². The first-order chi connectivity index (χ1) is 9.13. The average Bonchev–Trinajstić information content (AvgIpc) is 2.41. The van der Waals surface area contributed by atoms with Gasteiger partial charge in [-0.1, -0.05) is 24.6 Å². The first-order valence-corrected chi connectivity index (χ1v) is 7.28. The molecular weight excluding hydrogens is 260 g/mol. The van der Waals surface area contributed by atoms with Crippen molar-refractivity contribution in [1.82, 2.24) is 4.90 Å². The lowest BCUT2D eigenvalue weighted by molar-refractivity contribution is 0.115. The topological polar surface area (TPSA) is 38.5 Å². The highest BCUT2D eigenvalue weighted by atomic mass is 35.5. The van der Waals surface area contributed by atoms with E-state index in [-0.39, 0.29) is 0 Å². The first-order valence-electron chi connectivity index (χ1n) is 6.90. The molecule has 1 fully saturated rings. The molecule has 1 aromatic carbocycles. The lowest BCUT2D eigenvalue weighted by Crippen LogP contribution is -2.45. The summed E-state index contributed by atoms with van der Waals surface area (Å²) in [5.41, 5.74) is 7.12. The van der Waals surface area contributed by atoms with E-state index in [0.29, 0.717) is 11.1 Å². The van der Waals surface area contributed by atoms with Gasteiger partial charge in [0, 0.05) is 19.1 Å². The Labute approximate surface area is 120 Å². The van der Waals surface area contributed by atoms with Crippen LogP contribution in [0.5, 0.6) is 5.75 Å². The molecule has 1 saturated heterocycles. The fourth-order valence-electron chi connectivity index (χ4n) is 2.80. The van der Waals surface area contributed by atoms with Crippen molar-refractivity contribution in [3.05, 3.63) is 28.8 Å². The second kappa shape index (κ2) is 6.60. The van der Waals surface area contributed by atoms with E-state index in [0.717, 1.165) is 31.3 Å². The Morgan fingerprint density at radius 2 is 2.26 bits per heavy atom. The van der Waals surface area contributed by atoms with Crippen molar-refractivity contribution in [2.75, 3.05) is 20.2 Å². The average molecular weight is 283 g/mol. The molecule has 0 aliphatic carbocycles. The van der Waals surface area contributed by atoms with Gasteiger partial charge in [0.25, 0.3) is 0 Å². The Morgan fingerprint density at radius 3 is 2.89 bits per heavy atom. The van der Waals surface area contributed by atoms with E-state index in [1.807, 2.05) is 12.1 Å². The molecule has 3 nitrogen and oxygen atoms in total. The molecule has 1 aliphatic rings. The van der Waals surface area contributed by atoms with Gasteiger partial charge < -0.3 is 10.5 Å². The van der Waals surface area contributed by atoms with E-state index in [2.05, 4.69) is 17.9 Å². The molecule has 0 bridgehead atoms. The van der Waals surface area contributed by atoms with Gasteiger partial charge in [0.1, 0.15) is 5.75 Å². The molecule has 1 aromatic rings. The normalized spacial score (nSPS) is 24.4. The summed E-state index contributed by atoms with van der Waals surface area (Å²) in [4.78, 5) is 2.47. The number of likely N-dealkylation sites (tertiary alicyclic amines) is 1. The van der Waals surface area contributed by atoms with Crippen molar-refractivity contribution in [2.45, 2.75) is 32.4 Å². The Kier molecular flexibility index (Phi) is 5.08.